The predicted molar refractivity (Wildman–Crippen MR) is 66.4 cm³/mol. The number of carbonyl (C=O) groups excluding carboxylic acids is 1. The second-order valence-corrected chi connectivity index (χ2v) is 4.63. The molecule has 0 fully saturated rings. The average Bonchev–Trinajstić information content (AvgIpc) is 2.32. The van der Waals surface area contributed by atoms with Crippen LogP contribution >= 0.6 is 0 Å². The van der Waals surface area contributed by atoms with Crippen LogP contribution in [0.1, 0.15) is 39.0 Å². The molecule has 0 saturated heterocycles. The minimum absolute atomic E-state index is 0.162. The summed E-state index contributed by atoms with van der Waals surface area (Å²) in [5.41, 5.74) is 5.45. The minimum atomic E-state index is -4.70. The van der Waals surface area contributed by atoms with Crippen molar-refractivity contribution < 1.29 is 23.1 Å². The zero-order valence-electron chi connectivity index (χ0n) is 11.2. The number of nitrogens with one attached hydrogen (secondary N) is 1. The smallest absolute Gasteiger partial charge is 0.382 e. The summed E-state index contributed by atoms with van der Waals surface area (Å²) in [4.78, 5) is 11.4. The number of alkyl halides is 3. The molecule has 0 bridgehead atoms. The molecule has 4 N–H and O–H groups in total. The van der Waals surface area contributed by atoms with Crippen molar-refractivity contribution in [3.63, 3.8) is 0 Å². The van der Waals surface area contributed by atoms with Gasteiger partial charge >= 0.3 is 6.18 Å². The van der Waals surface area contributed by atoms with Crippen LogP contribution in [0, 0.1) is 5.92 Å². The van der Waals surface area contributed by atoms with Crippen molar-refractivity contribution in [2.75, 3.05) is 13.1 Å². The summed E-state index contributed by atoms with van der Waals surface area (Å²) in [5.74, 6) is -0.144. The van der Waals surface area contributed by atoms with Crippen LogP contribution in [0.3, 0.4) is 0 Å². The van der Waals surface area contributed by atoms with Crippen molar-refractivity contribution in [2.24, 2.45) is 11.7 Å². The first kappa shape index (κ1) is 18.2. The molecule has 0 aliphatic carbocycles. The first-order valence-corrected chi connectivity index (χ1v) is 6.52. The molecule has 0 aromatic rings. The lowest BCUT2D eigenvalue weighted by molar-refractivity contribution is -0.201. The third kappa shape index (κ3) is 8.83. The summed E-state index contributed by atoms with van der Waals surface area (Å²) in [5, 5.41) is 10.8. The van der Waals surface area contributed by atoms with Crippen molar-refractivity contribution in [2.45, 2.75) is 51.3 Å². The second kappa shape index (κ2) is 9.14. The van der Waals surface area contributed by atoms with Crippen molar-refractivity contribution in [1.82, 2.24) is 5.32 Å². The molecule has 0 radical (unpaired) electrons. The number of rotatable bonds is 9. The van der Waals surface area contributed by atoms with Gasteiger partial charge in [0.1, 0.15) is 0 Å². The molecule has 0 aromatic carbocycles. The summed E-state index contributed by atoms with van der Waals surface area (Å²) < 4.78 is 36.0. The number of amides is 1. The Hall–Kier alpha value is -0.820. The van der Waals surface area contributed by atoms with Crippen LogP contribution in [0.25, 0.3) is 0 Å². The highest BCUT2D eigenvalue weighted by atomic mass is 19.4. The van der Waals surface area contributed by atoms with Crippen molar-refractivity contribution in [3.8, 4) is 0 Å². The molecule has 19 heavy (non-hydrogen) atoms. The van der Waals surface area contributed by atoms with Gasteiger partial charge in [-0.3, -0.25) is 4.79 Å². The molecule has 0 spiro atoms. The maximum Gasteiger partial charge on any atom is 0.416 e. The van der Waals surface area contributed by atoms with Crippen LogP contribution in [0.2, 0.25) is 0 Å². The Labute approximate surface area is 111 Å². The van der Waals surface area contributed by atoms with Crippen molar-refractivity contribution in [3.05, 3.63) is 0 Å². The Kier molecular flexibility index (Phi) is 8.75. The fourth-order valence-electron chi connectivity index (χ4n) is 1.83. The maximum absolute atomic E-state index is 12.0. The zero-order valence-corrected chi connectivity index (χ0v) is 11.2. The second-order valence-electron chi connectivity index (χ2n) is 4.63. The minimum Gasteiger partial charge on any atom is -0.382 e. The van der Waals surface area contributed by atoms with E-state index >= 15 is 0 Å². The molecule has 2 atom stereocenters. The van der Waals surface area contributed by atoms with Gasteiger partial charge in [0, 0.05) is 6.42 Å². The first-order chi connectivity index (χ1) is 8.81. The molecule has 0 aliphatic rings. The molecule has 7 heteroatoms. The lowest BCUT2D eigenvalue weighted by Crippen LogP contribution is -2.40. The van der Waals surface area contributed by atoms with E-state index in [9.17, 15) is 18.0 Å². The van der Waals surface area contributed by atoms with Gasteiger partial charge in [-0.25, -0.2) is 0 Å². The molecule has 114 valence electrons. The Bertz CT molecular complexity index is 254. The maximum atomic E-state index is 12.0. The molecule has 0 saturated carbocycles. The van der Waals surface area contributed by atoms with E-state index in [0.29, 0.717) is 18.9 Å². The lowest BCUT2D eigenvalue weighted by Gasteiger charge is -2.17. The van der Waals surface area contributed by atoms with E-state index in [2.05, 4.69) is 5.32 Å². The van der Waals surface area contributed by atoms with Crippen molar-refractivity contribution in [1.29, 1.82) is 0 Å². The SMILES string of the molecule is CCCC(CCN)CCC(=O)NCC(O)C(F)(F)F. The topological polar surface area (TPSA) is 75.4 Å². The molecular weight excluding hydrogens is 261 g/mol. The first-order valence-electron chi connectivity index (χ1n) is 6.52. The van der Waals surface area contributed by atoms with Gasteiger partial charge in [-0.2, -0.15) is 13.2 Å². The van der Waals surface area contributed by atoms with Gasteiger partial charge in [-0.15, -0.1) is 0 Å². The molecular formula is C12H23F3N2O2. The fraction of sp³-hybridized carbons (Fsp3) is 0.917. The van der Waals surface area contributed by atoms with Gasteiger partial charge in [0.05, 0.1) is 6.54 Å². The largest absolute Gasteiger partial charge is 0.416 e. The summed E-state index contributed by atoms with van der Waals surface area (Å²) in [6, 6.07) is 0. The van der Waals surface area contributed by atoms with E-state index < -0.39 is 24.7 Å². The molecule has 0 aliphatic heterocycles. The zero-order chi connectivity index (χ0) is 14.9. The number of nitrogens with two attached hydrogens (primary N) is 1. The molecule has 0 aromatic heterocycles. The van der Waals surface area contributed by atoms with Crippen LogP contribution < -0.4 is 11.1 Å². The van der Waals surface area contributed by atoms with E-state index in [1.807, 2.05) is 6.92 Å². The normalized spacial score (nSPS) is 15.1. The number of hydrogen-bond donors (Lipinski definition) is 3. The fourth-order valence-corrected chi connectivity index (χ4v) is 1.83. The highest BCUT2D eigenvalue weighted by Crippen LogP contribution is 2.19. The van der Waals surface area contributed by atoms with Gasteiger partial charge in [-0.05, 0) is 25.3 Å². The Morgan fingerprint density at radius 1 is 1.32 bits per heavy atom. The molecule has 2 unspecified atom stereocenters. The standard InChI is InChI=1S/C12H23F3N2O2/c1-2-3-9(6-7-16)4-5-11(19)17-8-10(18)12(13,14)15/h9-10,18H,2-8,16H2,1H3,(H,17,19). The molecule has 0 heterocycles. The van der Waals surface area contributed by atoms with Crippen LogP contribution in [-0.2, 0) is 4.79 Å². The van der Waals surface area contributed by atoms with Crippen LogP contribution in [-0.4, -0.2) is 36.4 Å². The monoisotopic (exact) mass is 284 g/mol. The van der Waals surface area contributed by atoms with Crippen LogP contribution in [0.15, 0.2) is 0 Å². The van der Waals surface area contributed by atoms with E-state index in [1.54, 1.807) is 0 Å². The van der Waals surface area contributed by atoms with Crippen LogP contribution in [0.4, 0.5) is 13.2 Å². The highest BCUT2D eigenvalue weighted by molar-refractivity contribution is 5.75. The van der Waals surface area contributed by atoms with Gasteiger partial charge < -0.3 is 16.2 Å². The number of halogens is 3. The Morgan fingerprint density at radius 3 is 2.42 bits per heavy atom. The molecule has 0 rings (SSSR count). The predicted octanol–water partition coefficient (Wildman–Crippen LogP) is 1.57. The Morgan fingerprint density at radius 2 is 1.95 bits per heavy atom. The van der Waals surface area contributed by atoms with E-state index in [0.717, 1.165) is 19.3 Å². The summed E-state index contributed by atoms with van der Waals surface area (Å²) in [6.45, 7) is 1.78. The quantitative estimate of drug-likeness (QED) is 0.601. The lowest BCUT2D eigenvalue weighted by atomic mass is 9.94. The number of aliphatic hydroxyl groups excluding tert-OH is 1. The van der Waals surface area contributed by atoms with E-state index in [1.165, 1.54) is 0 Å². The summed E-state index contributed by atoms with van der Waals surface area (Å²) in [7, 11) is 0. The number of carbonyl (C=O) groups is 1. The Balaban J connectivity index is 3.91. The van der Waals surface area contributed by atoms with Crippen LogP contribution in [0.5, 0.6) is 0 Å². The van der Waals surface area contributed by atoms with E-state index in [4.69, 9.17) is 10.8 Å². The number of hydrogen-bond acceptors (Lipinski definition) is 3. The van der Waals surface area contributed by atoms with Gasteiger partial charge in [-0.1, -0.05) is 19.8 Å². The third-order valence-corrected chi connectivity index (χ3v) is 2.92. The number of aliphatic hydroxyl groups is 1. The van der Waals surface area contributed by atoms with Gasteiger partial charge in [0.2, 0.25) is 5.91 Å². The molecule has 4 nitrogen and oxygen atoms in total. The van der Waals surface area contributed by atoms with Crippen molar-refractivity contribution >= 4 is 5.91 Å². The molecule has 1 amide bonds. The summed E-state index contributed by atoms with van der Waals surface area (Å²) >= 11 is 0. The van der Waals surface area contributed by atoms with Gasteiger partial charge in [0.25, 0.3) is 0 Å². The highest BCUT2D eigenvalue weighted by Gasteiger charge is 2.38. The summed E-state index contributed by atoms with van der Waals surface area (Å²) in [6.07, 6.45) is -3.68. The third-order valence-electron chi connectivity index (χ3n) is 2.92. The van der Waals surface area contributed by atoms with Gasteiger partial charge in [0.15, 0.2) is 6.10 Å². The average molecular weight is 284 g/mol. The van der Waals surface area contributed by atoms with E-state index in [-0.39, 0.29) is 6.42 Å².